The van der Waals surface area contributed by atoms with Crippen molar-refractivity contribution in [1.29, 1.82) is 0 Å². The molecule has 0 N–H and O–H groups in total. The Bertz CT molecular complexity index is 715. The molecule has 3 fully saturated rings. The van der Waals surface area contributed by atoms with Gasteiger partial charge in [0.25, 0.3) is 5.91 Å². The summed E-state index contributed by atoms with van der Waals surface area (Å²) >= 11 is 0. The third kappa shape index (κ3) is 1.26. The summed E-state index contributed by atoms with van der Waals surface area (Å²) in [5.41, 5.74) is 1.32. The van der Waals surface area contributed by atoms with E-state index in [2.05, 4.69) is 0 Å². The van der Waals surface area contributed by atoms with Crippen LogP contribution in [0.15, 0.2) is 18.2 Å². The van der Waals surface area contributed by atoms with Gasteiger partial charge in [0.05, 0.1) is 18.6 Å². The van der Waals surface area contributed by atoms with Crippen molar-refractivity contribution in [3.8, 4) is 5.75 Å². The second-order valence-corrected chi connectivity index (χ2v) is 6.88. The number of carbonyl (C=O) groups is 2. The predicted octanol–water partition coefficient (Wildman–Crippen LogP) is 1.71. The molecule has 4 atom stereocenters. The lowest BCUT2D eigenvalue weighted by atomic mass is 9.63. The Kier molecular flexibility index (Phi) is 2.18. The summed E-state index contributed by atoms with van der Waals surface area (Å²) in [5, 5.41) is 0. The van der Waals surface area contributed by atoms with Crippen LogP contribution in [0.2, 0.25) is 0 Å². The minimum Gasteiger partial charge on any atom is -0.497 e. The molecular weight excluding hydrogens is 282 g/mol. The monoisotopic (exact) mass is 299 g/mol. The lowest BCUT2D eigenvalue weighted by molar-refractivity contribution is -0.148. The van der Waals surface area contributed by atoms with Crippen molar-refractivity contribution >= 4 is 11.9 Å². The summed E-state index contributed by atoms with van der Waals surface area (Å²) in [6, 6.07) is 5.63. The number of amides is 1. The normalized spacial score (nSPS) is 37.7. The summed E-state index contributed by atoms with van der Waals surface area (Å²) in [6.45, 7) is 0.660. The number of ether oxygens (including phenoxy) is 2. The predicted molar refractivity (Wildman–Crippen MR) is 76.7 cm³/mol. The molecule has 1 amide bonds. The van der Waals surface area contributed by atoms with Gasteiger partial charge in [0.2, 0.25) is 0 Å². The molecule has 5 rings (SSSR count). The number of benzene rings is 1. The van der Waals surface area contributed by atoms with Crippen LogP contribution in [0.5, 0.6) is 5.75 Å². The van der Waals surface area contributed by atoms with Crippen molar-refractivity contribution in [2.24, 2.45) is 5.41 Å². The number of rotatable bonds is 1. The zero-order valence-electron chi connectivity index (χ0n) is 12.4. The third-order valence-electron chi connectivity index (χ3n) is 6.02. The van der Waals surface area contributed by atoms with Gasteiger partial charge in [0, 0.05) is 24.4 Å². The Morgan fingerprint density at radius 2 is 2.23 bits per heavy atom. The molecular formula is C17H17NO4. The first-order valence-corrected chi connectivity index (χ1v) is 7.84. The lowest BCUT2D eigenvalue weighted by Crippen LogP contribution is -2.53. The number of carbonyl (C=O) groups excluding carboxylic acids is 2. The smallest absolute Gasteiger partial charge is 0.314 e. The zero-order valence-corrected chi connectivity index (χ0v) is 12.4. The first-order valence-electron chi connectivity index (χ1n) is 7.84. The molecule has 2 saturated heterocycles. The van der Waals surface area contributed by atoms with E-state index in [1.807, 2.05) is 23.1 Å². The van der Waals surface area contributed by atoms with Crippen molar-refractivity contribution in [2.45, 2.75) is 37.3 Å². The molecule has 3 heterocycles. The molecule has 0 unspecified atom stereocenters. The van der Waals surface area contributed by atoms with Gasteiger partial charge in [-0.05, 0) is 36.6 Å². The highest BCUT2D eigenvalue weighted by Gasteiger charge is 2.67. The van der Waals surface area contributed by atoms with Gasteiger partial charge in [0.15, 0.2) is 0 Å². The van der Waals surface area contributed by atoms with Crippen molar-refractivity contribution < 1.29 is 19.1 Å². The molecule has 2 bridgehead atoms. The fraction of sp³-hybridized carbons (Fsp3) is 0.529. The van der Waals surface area contributed by atoms with Crippen molar-refractivity contribution in [1.82, 2.24) is 4.90 Å². The standard InChI is InChI=1S/C17H17NO4/c1-21-9-2-3-11-12(6-9)13-7-10-8-17(16(20)22-10)4-5-18(14(13)17)15(11)19/h2-3,6,10,13-14H,4-5,7-8H2,1H3/t10-,13+,14-,17-/m1/s1. The second kappa shape index (κ2) is 3.83. The molecule has 3 aliphatic heterocycles. The van der Waals surface area contributed by atoms with Gasteiger partial charge in [-0.1, -0.05) is 0 Å². The van der Waals surface area contributed by atoms with Crippen LogP contribution in [-0.2, 0) is 9.53 Å². The number of hydrogen-bond acceptors (Lipinski definition) is 4. The van der Waals surface area contributed by atoms with Crippen LogP contribution >= 0.6 is 0 Å². The topological polar surface area (TPSA) is 55.8 Å². The summed E-state index contributed by atoms with van der Waals surface area (Å²) < 4.78 is 10.9. The number of hydrogen-bond donors (Lipinski definition) is 0. The lowest BCUT2D eigenvalue weighted by Gasteiger charge is -2.45. The first-order chi connectivity index (χ1) is 10.6. The molecule has 5 heteroatoms. The average Bonchev–Trinajstić information content (AvgIpc) is 3.04. The van der Waals surface area contributed by atoms with E-state index in [1.165, 1.54) is 0 Å². The molecule has 1 aliphatic carbocycles. The van der Waals surface area contributed by atoms with Crippen LogP contribution in [0.3, 0.4) is 0 Å². The van der Waals surface area contributed by atoms with Gasteiger partial charge in [-0.15, -0.1) is 0 Å². The van der Waals surface area contributed by atoms with E-state index < -0.39 is 5.41 Å². The maximum Gasteiger partial charge on any atom is 0.314 e. The Hall–Kier alpha value is -2.04. The van der Waals surface area contributed by atoms with Gasteiger partial charge < -0.3 is 14.4 Å². The highest BCUT2D eigenvalue weighted by molar-refractivity contribution is 5.99. The minimum atomic E-state index is -0.468. The maximum absolute atomic E-state index is 12.8. The number of fused-ring (bicyclic) bond motifs is 3. The Balaban J connectivity index is 1.72. The first kappa shape index (κ1) is 12.5. The van der Waals surface area contributed by atoms with Crippen molar-refractivity contribution in [3.63, 3.8) is 0 Å². The Labute approximate surface area is 128 Å². The average molecular weight is 299 g/mol. The van der Waals surface area contributed by atoms with Gasteiger partial charge in [-0.25, -0.2) is 0 Å². The summed E-state index contributed by atoms with van der Waals surface area (Å²) in [5.74, 6) is 0.897. The van der Waals surface area contributed by atoms with Crippen LogP contribution < -0.4 is 4.74 Å². The van der Waals surface area contributed by atoms with E-state index in [0.717, 1.165) is 36.1 Å². The Morgan fingerprint density at radius 1 is 1.36 bits per heavy atom. The third-order valence-corrected chi connectivity index (χ3v) is 6.02. The molecule has 1 aromatic carbocycles. The summed E-state index contributed by atoms with van der Waals surface area (Å²) in [6.07, 6.45) is 2.32. The Morgan fingerprint density at radius 3 is 3.05 bits per heavy atom. The van der Waals surface area contributed by atoms with Gasteiger partial charge in [-0.3, -0.25) is 9.59 Å². The summed E-state index contributed by atoms with van der Waals surface area (Å²) in [4.78, 5) is 27.2. The number of nitrogens with zero attached hydrogens (tertiary/aromatic N) is 1. The maximum atomic E-state index is 12.8. The molecule has 1 saturated carbocycles. The van der Waals surface area contributed by atoms with E-state index in [4.69, 9.17) is 9.47 Å². The zero-order chi connectivity index (χ0) is 15.1. The molecule has 5 nitrogen and oxygen atoms in total. The van der Waals surface area contributed by atoms with E-state index in [0.29, 0.717) is 6.54 Å². The highest BCUT2D eigenvalue weighted by Crippen LogP contribution is 2.59. The van der Waals surface area contributed by atoms with Gasteiger partial charge in [0.1, 0.15) is 11.9 Å². The van der Waals surface area contributed by atoms with Crippen LogP contribution in [0.1, 0.15) is 41.1 Å². The van der Waals surface area contributed by atoms with E-state index in [1.54, 1.807) is 7.11 Å². The quantitative estimate of drug-likeness (QED) is 0.741. The van der Waals surface area contributed by atoms with Crippen LogP contribution in [0.4, 0.5) is 0 Å². The van der Waals surface area contributed by atoms with Crippen molar-refractivity contribution in [2.75, 3.05) is 13.7 Å². The summed E-state index contributed by atoms with van der Waals surface area (Å²) in [7, 11) is 1.63. The fourth-order valence-electron chi connectivity index (χ4n) is 5.15. The molecule has 0 aromatic heterocycles. The van der Waals surface area contributed by atoms with Crippen LogP contribution in [0, 0.1) is 5.41 Å². The van der Waals surface area contributed by atoms with Crippen LogP contribution in [0.25, 0.3) is 0 Å². The molecule has 1 aromatic rings. The molecule has 114 valence electrons. The molecule has 4 aliphatic rings. The van der Waals surface area contributed by atoms with E-state index in [-0.39, 0.29) is 29.9 Å². The van der Waals surface area contributed by atoms with E-state index in [9.17, 15) is 9.59 Å². The largest absolute Gasteiger partial charge is 0.497 e. The number of methoxy groups -OCH3 is 1. The fourth-order valence-corrected chi connectivity index (χ4v) is 5.15. The highest BCUT2D eigenvalue weighted by atomic mass is 16.6. The minimum absolute atomic E-state index is 0.000882. The second-order valence-electron chi connectivity index (χ2n) is 6.88. The SMILES string of the molecule is COc1ccc2c(c1)[C@@H]1C[C@@H]3C[C@@]4(CCN(C2=O)[C@H]14)C(=O)O3. The van der Waals surface area contributed by atoms with Gasteiger partial charge >= 0.3 is 5.97 Å². The van der Waals surface area contributed by atoms with E-state index >= 15 is 0 Å². The molecule has 1 spiro atoms. The van der Waals surface area contributed by atoms with Crippen molar-refractivity contribution in [3.05, 3.63) is 29.3 Å². The molecule has 22 heavy (non-hydrogen) atoms. The van der Waals surface area contributed by atoms with Crippen LogP contribution in [-0.4, -0.2) is 42.6 Å². The number of esters is 1. The molecule has 0 radical (unpaired) electrons. The van der Waals surface area contributed by atoms with Gasteiger partial charge in [-0.2, -0.15) is 0 Å².